The van der Waals surface area contributed by atoms with Crippen LogP contribution in [0.4, 0.5) is 0 Å². The summed E-state index contributed by atoms with van der Waals surface area (Å²) in [7, 11) is 0. The van der Waals surface area contributed by atoms with Gasteiger partial charge in [0.1, 0.15) is 0 Å². The number of hydrogen-bond acceptors (Lipinski definition) is 1. The lowest BCUT2D eigenvalue weighted by molar-refractivity contribution is 0.119. The van der Waals surface area contributed by atoms with Gasteiger partial charge in [0.2, 0.25) is 0 Å². The molecule has 0 unspecified atom stereocenters. The summed E-state index contributed by atoms with van der Waals surface area (Å²) in [6, 6.07) is 0. The molecule has 0 spiro atoms. The second-order valence-corrected chi connectivity index (χ2v) is 1.86. The minimum absolute atomic E-state index is 0. The molecule has 0 aromatic heterocycles. The predicted molar refractivity (Wildman–Crippen MR) is 35.9 cm³/mol. The molecule has 0 amide bonds. The van der Waals surface area contributed by atoms with Gasteiger partial charge in [0.15, 0.2) is 0 Å². The van der Waals surface area contributed by atoms with Crippen LogP contribution in [0.1, 0.15) is 20.3 Å². The van der Waals surface area contributed by atoms with E-state index in [9.17, 15) is 0 Å². The highest BCUT2D eigenvalue weighted by Crippen LogP contribution is 2.09. The summed E-state index contributed by atoms with van der Waals surface area (Å²) in [5.41, 5.74) is 1.34. The number of hydrogen-bond donors (Lipinski definition) is 0. The Labute approximate surface area is 51.4 Å². The van der Waals surface area contributed by atoms with Gasteiger partial charge in [0.25, 0.3) is 0 Å². The molecule has 0 radical (unpaired) electrons. The van der Waals surface area contributed by atoms with Gasteiger partial charge in [-0.15, -0.1) is 0 Å². The fourth-order valence-corrected chi connectivity index (χ4v) is 0.660. The van der Waals surface area contributed by atoms with Crippen LogP contribution in [0.2, 0.25) is 0 Å². The van der Waals surface area contributed by atoms with Gasteiger partial charge in [-0.25, -0.2) is 0 Å². The Balaban J connectivity index is 0.000000490. The van der Waals surface area contributed by atoms with Crippen molar-refractivity contribution in [3.05, 3.63) is 12.2 Å². The first-order valence-electron chi connectivity index (χ1n) is 2.64. The highest BCUT2D eigenvalue weighted by atomic mass is 16.5. The molecule has 1 aliphatic rings. The van der Waals surface area contributed by atoms with Crippen molar-refractivity contribution in [1.29, 1.82) is 0 Å². The summed E-state index contributed by atoms with van der Waals surface area (Å²) < 4.78 is 5.08. The van der Waals surface area contributed by atoms with Crippen LogP contribution in [-0.4, -0.2) is 13.2 Å². The van der Waals surface area contributed by atoms with E-state index in [1.54, 1.807) is 0 Å². The quantitative estimate of drug-likeness (QED) is 0.437. The lowest BCUT2D eigenvalue weighted by atomic mass is 10.1. The molecule has 1 nitrogen and oxygen atoms in total. The Hall–Kier alpha value is -0.300. The van der Waals surface area contributed by atoms with Gasteiger partial charge in [0, 0.05) is 0 Å². The van der Waals surface area contributed by atoms with E-state index in [0.717, 1.165) is 26.1 Å². The summed E-state index contributed by atoms with van der Waals surface area (Å²) in [6.45, 7) is 5.61. The van der Waals surface area contributed by atoms with E-state index in [4.69, 9.17) is 4.74 Å². The summed E-state index contributed by atoms with van der Waals surface area (Å²) in [4.78, 5) is 0. The van der Waals surface area contributed by atoms with Crippen LogP contribution in [0.3, 0.4) is 0 Å². The first-order valence-corrected chi connectivity index (χ1v) is 2.64. The second kappa shape index (κ2) is 3.67. The highest BCUT2D eigenvalue weighted by molar-refractivity contribution is 4.95. The van der Waals surface area contributed by atoms with E-state index in [0.29, 0.717) is 0 Å². The molecule has 1 rings (SSSR count). The Morgan fingerprint density at radius 3 is 2.00 bits per heavy atom. The molecule has 0 N–H and O–H groups in total. The van der Waals surface area contributed by atoms with Crippen LogP contribution in [0, 0.1) is 0 Å². The molecule has 0 saturated carbocycles. The SMILES string of the molecule is C.C=C1CCOCC1. The van der Waals surface area contributed by atoms with E-state index < -0.39 is 0 Å². The van der Waals surface area contributed by atoms with Crippen molar-refractivity contribution in [2.45, 2.75) is 20.3 Å². The molecule has 0 atom stereocenters. The summed E-state index contributed by atoms with van der Waals surface area (Å²) in [6.07, 6.45) is 2.14. The van der Waals surface area contributed by atoms with Crippen LogP contribution in [0.25, 0.3) is 0 Å². The zero-order valence-electron chi connectivity index (χ0n) is 4.44. The first-order chi connectivity index (χ1) is 3.39. The third kappa shape index (κ3) is 2.12. The molecular weight excluding hydrogens is 100 g/mol. The number of rotatable bonds is 0. The minimum atomic E-state index is 0. The van der Waals surface area contributed by atoms with Crippen LogP contribution in [-0.2, 0) is 4.74 Å². The fraction of sp³-hybridized carbons (Fsp3) is 0.714. The van der Waals surface area contributed by atoms with Gasteiger partial charge in [-0.2, -0.15) is 0 Å². The van der Waals surface area contributed by atoms with Gasteiger partial charge in [0.05, 0.1) is 13.2 Å². The van der Waals surface area contributed by atoms with Crippen LogP contribution < -0.4 is 0 Å². The molecule has 1 aliphatic heterocycles. The summed E-state index contributed by atoms with van der Waals surface area (Å²) in [5.74, 6) is 0. The van der Waals surface area contributed by atoms with Crippen molar-refractivity contribution < 1.29 is 4.74 Å². The monoisotopic (exact) mass is 114 g/mol. The van der Waals surface area contributed by atoms with Gasteiger partial charge in [-0.1, -0.05) is 19.6 Å². The second-order valence-electron chi connectivity index (χ2n) is 1.86. The Bertz CT molecular complexity index is 68.5. The molecule has 1 heteroatoms. The normalized spacial score (nSPS) is 19.8. The van der Waals surface area contributed by atoms with E-state index >= 15 is 0 Å². The molecule has 1 saturated heterocycles. The standard InChI is InChI=1S/C6H10O.CH4/c1-6-2-4-7-5-3-6;/h1-5H2;1H4. The summed E-state index contributed by atoms with van der Waals surface area (Å²) >= 11 is 0. The molecule has 1 heterocycles. The van der Waals surface area contributed by atoms with E-state index in [2.05, 4.69) is 6.58 Å². The van der Waals surface area contributed by atoms with Gasteiger partial charge >= 0.3 is 0 Å². The average molecular weight is 114 g/mol. The maximum absolute atomic E-state index is 5.08. The van der Waals surface area contributed by atoms with E-state index in [1.807, 2.05) is 0 Å². The van der Waals surface area contributed by atoms with Crippen molar-refractivity contribution in [2.24, 2.45) is 0 Å². The van der Waals surface area contributed by atoms with Crippen molar-refractivity contribution in [3.8, 4) is 0 Å². The maximum Gasteiger partial charge on any atom is 0.0503 e. The zero-order chi connectivity index (χ0) is 5.11. The first kappa shape index (κ1) is 7.70. The predicted octanol–water partition coefficient (Wildman–Crippen LogP) is 1.99. The van der Waals surface area contributed by atoms with Crippen molar-refractivity contribution in [1.82, 2.24) is 0 Å². The van der Waals surface area contributed by atoms with Crippen LogP contribution in [0.15, 0.2) is 12.2 Å². The van der Waals surface area contributed by atoms with Crippen molar-refractivity contribution in [3.63, 3.8) is 0 Å². The molecule has 8 heavy (non-hydrogen) atoms. The maximum atomic E-state index is 5.08. The molecule has 0 bridgehead atoms. The smallest absolute Gasteiger partial charge is 0.0503 e. The Kier molecular flexibility index (Phi) is 3.53. The third-order valence-electron chi connectivity index (χ3n) is 1.20. The largest absolute Gasteiger partial charge is 0.381 e. The molecular formula is C7H14O. The average Bonchev–Trinajstić information content (AvgIpc) is 1.69. The molecule has 0 aromatic rings. The lowest BCUT2D eigenvalue weighted by Crippen LogP contribution is -2.05. The zero-order valence-corrected chi connectivity index (χ0v) is 4.44. The van der Waals surface area contributed by atoms with Crippen LogP contribution >= 0.6 is 0 Å². The van der Waals surface area contributed by atoms with Crippen molar-refractivity contribution >= 4 is 0 Å². The van der Waals surface area contributed by atoms with E-state index in [1.165, 1.54) is 5.57 Å². The van der Waals surface area contributed by atoms with Gasteiger partial charge in [-0.05, 0) is 12.8 Å². The lowest BCUT2D eigenvalue weighted by Gasteiger charge is -2.11. The van der Waals surface area contributed by atoms with Gasteiger partial charge < -0.3 is 4.74 Å². The third-order valence-corrected chi connectivity index (χ3v) is 1.20. The van der Waals surface area contributed by atoms with Crippen LogP contribution in [0.5, 0.6) is 0 Å². The molecule has 0 aliphatic carbocycles. The fourth-order valence-electron chi connectivity index (χ4n) is 0.660. The molecule has 1 fully saturated rings. The topological polar surface area (TPSA) is 9.23 Å². The molecule has 48 valence electrons. The Morgan fingerprint density at radius 2 is 1.75 bits per heavy atom. The summed E-state index contributed by atoms with van der Waals surface area (Å²) in [5, 5.41) is 0. The van der Waals surface area contributed by atoms with E-state index in [-0.39, 0.29) is 7.43 Å². The number of ether oxygens (including phenoxy) is 1. The highest BCUT2D eigenvalue weighted by Gasteiger charge is 2.00. The van der Waals surface area contributed by atoms with Gasteiger partial charge in [-0.3, -0.25) is 0 Å². The minimum Gasteiger partial charge on any atom is -0.381 e. The molecule has 0 aromatic carbocycles. The van der Waals surface area contributed by atoms with Crippen molar-refractivity contribution in [2.75, 3.05) is 13.2 Å². The Morgan fingerprint density at radius 1 is 1.25 bits per heavy atom.